The molecule has 2 aromatic rings. The lowest BCUT2D eigenvalue weighted by molar-refractivity contribution is -0.137. The quantitative estimate of drug-likeness (QED) is 0.585. The van der Waals surface area contributed by atoms with Crippen LogP contribution in [0.2, 0.25) is 0 Å². The number of hydroxylamine groups is 1. The molecule has 1 unspecified atom stereocenters. The monoisotopic (exact) mass is 383 g/mol. The average molecular weight is 383 g/mol. The Morgan fingerprint density at radius 2 is 1.79 bits per heavy atom. The molecule has 2 N–H and O–H groups in total. The molecule has 7 nitrogen and oxygen atoms in total. The van der Waals surface area contributed by atoms with E-state index in [1.165, 1.54) is 0 Å². The number of methoxy groups -OCH3 is 1. The maximum atomic E-state index is 12.7. The van der Waals surface area contributed by atoms with E-state index >= 15 is 0 Å². The van der Waals surface area contributed by atoms with Gasteiger partial charge in [0.15, 0.2) is 0 Å². The standard InChI is InChI=1S/C21H25N3O4/c1-28-18-9-5-6-16(14-18)15-19(25)23-10-12-24(13-11-23)20(21(26)22-27)17-7-3-2-4-8-17/h2-9,14,20,27H,10-13,15H2,1H3,(H,22,26). The van der Waals surface area contributed by atoms with E-state index < -0.39 is 11.9 Å². The van der Waals surface area contributed by atoms with Gasteiger partial charge in [-0.3, -0.25) is 19.7 Å². The molecule has 0 aromatic heterocycles. The Bertz CT molecular complexity index is 804. The molecule has 1 atom stereocenters. The molecule has 0 aliphatic carbocycles. The van der Waals surface area contributed by atoms with Crippen molar-refractivity contribution in [3.05, 3.63) is 65.7 Å². The molecule has 3 rings (SSSR count). The zero-order valence-electron chi connectivity index (χ0n) is 15.9. The van der Waals surface area contributed by atoms with E-state index in [-0.39, 0.29) is 5.91 Å². The van der Waals surface area contributed by atoms with Crippen LogP contribution < -0.4 is 10.2 Å². The van der Waals surface area contributed by atoms with Crippen molar-refractivity contribution in [1.82, 2.24) is 15.3 Å². The number of benzene rings is 2. The Labute approximate surface area is 164 Å². The van der Waals surface area contributed by atoms with Gasteiger partial charge in [-0.05, 0) is 23.3 Å². The number of rotatable bonds is 6. The third kappa shape index (κ3) is 4.68. The van der Waals surface area contributed by atoms with Gasteiger partial charge < -0.3 is 9.64 Å². The zero-order valence-corrected chi connectivity index (χ0v) is 15.9. The van der Waals surface area contributed by atoms with Crippen molar-refractivity contribution in [2.45, 2.75) is 12.5 Å². The minimum absolute atomic E-state index is 0.0516. The Hall–Kier alpha value is -2.90. The molecule has 7 heteroatoms. The van der Waals surface area contributed by atoms with E-state index in [0.29, 0.717) is 32.6 Å². The summed E-state index contributed by atoms with van der Waals surface area (Å²) in [6, 6.07) is 16.2. The van der Waals surface area contributed by atoms with E-state index in [1.807, 2.05) is 64.4 Å². The zero-order chi connectivity index (χ0) is 19.9. The van der Waals surface area contributed by atoms with E-state index in [9.17, 15) is 9.59 Å². The molecule has 0 saturated carbocycles. The highest BCUT2D eigenvalue weighted by atomic mass is 16.5. The van der Waals surface area contributed by atoms with Crippen molar-refractivity contribution in [1.29, 1.82) is 0 Å². The van der Waals surface area contributed by atoms with Gasteiger partial charge in [-0.15, -0.1) is 0 Å². The van der Waals surface area contributed by atoms with Gasteiger partial charge in [-0.2, -0.15) is 0 Å². The molecule has 28 heavy (non-hydrogen) atoms. The Balaban J connectivity index is 1.62. The van der Waals surface area contributed by atoms with Gasteiger partial charge >= 0.3 is 0 Å². The summed E-state index contributed by atoms with van der Waals surface area (Å²) in [5.74, 6) is 0.314. The summed E-state index contributed by atoms with van der Waals surface area (Å²) in [6.45, 7) is 2.17. The highest BCUT2D eigenvalue weighted by Crippen LogP contribution is 2.23. The molecule has 2 aromatic carbocycles. The molecule has 0 bridgehead atoms. The van der Waals surface area contributed by atoms with E-state index in [4.69, 9.17) is 9.94 Å². The van der Waals surface area contributed by atoms with E-state index in [0.717, 1.165) is 16.9 Å². The number of carbonyl (C=O) groups excluding carboxylic acids is 2. The number of hydrogen-bond acceptors (Lipinski definition) is 5. The van der Waals surface area contributed by atoms with Crippen molar-refractivity contribution >= 4 is 11.8 Å². The van der Waals surface area contributed by atoms with Crippen LogP contribution in [0.4, 0.5) is 0 Å². The van der Waals surface area contributed by atoms with Gasteiger partial charge in [-0.1, -0.05) is 42.5 Å². The largest absolute Gasteiger partial charge is 0.497 e. The number of nitrogens with zero attached hydrogens (tertiary/aromatic N) is 2. The minimum Gasteiger partial charge on any atom is -0.497 e. The number of amides is 2. The molecule has 148 valence electrons. The molecule has 1 aliphatic rings. The predicted molar refractivity (Wildman–Crippen MR) is 104 cm³/mol. The lowest BCUT2D eigenvalue weighted by Crippen LogP contribution is -2.52. The summed E-state index contributed by atoms with van der Waals surface area (Å²) >= 11 is 0. The van der Waals surface area contributed by atoms with Crippen molar-refractivity contribution in [3.63, 3.8) is 0 Å². The molecule has 1 fully saturated rings. The summed E-state index contributed by atoms with van der Waals surface area (Å²) in [6.07, 6.45) is 0.316. The number of piperazine rings is 1. The summed E-state index contributed by atoms with van der Waals surface area (Å²) in [5.41, 5.74) is 3.49. The second-order valence-electron chi connectivity index (χ2n) is 6.73. The second-order valence-corrected chi connectivity index (χ2v) is 6.73. The predicted octanol–water partition coefficient (Wildman–Crippen LogP) is 1.63. The van der Waals surface area contributed by atoms with Crippen LogP contribution in [0.5, 0.6) is 5.75 Å². The first-order valence-corrected chi connectivity index (χ1v) is 9.26. The third-order valence-corrected chi connectivity index (χ3v) is 5.00. The summed E-state index contributed by atoms with van der Waals surface area (Å²) in [5, 5.41) is 9.14. The van der Waals surface area contributed by atoms with Gasteiger partial charge in [0.05, 0.1) is 13.5 Å². The van der Waals surface area contributed by atoms with Crippen molar-refractivity contribution in [3.8, 4) is 5.75 Å². The summed E-state index contributed by atoms with van der Waals surface area (Å²) < 4.78 is 5.21. The summed E-state index contributed by atoms with van der Waals surface area (Å²) in [4.78, 5) is 28.7. The molecule has 1 aliphatic heterocycles. The molecule has 1 saturated heterocycles. The van der Waals surface area contributed by atoms with Crippen molar-refractivity contribution in [2.24, 2.45) is 0 Å². The van der Waals surface area contributed by atoms with Crippen molar-refractivity contribution < 1.29 is 19.5 Å². The van der Waals surface area contributed by atoms with Crippen molar-refractivity contribution in [2.75, 3.05) is 33.3 Å². The topological polar surface area (TPSA) is 82.1 Å². The first kappa shape index (κ1) is 19.9. The summed E-state index contributed by atoms with van der Waals surface area (Å²) in [7, 11) is 1.60. The molecular weight excluding hydrogens is 358 g/mol. The van der Waals surface area contributed by atoms with Crippen LogP contribution in [0, 0.1) is 0 Å². The Morgan fingerprint density at radius 3 is 2.43 bits per heavy atom. The number of ether oxygens (including phenoxy) is 1. The molecular formula is C21H25N3O4. The SMILES string of the molecule is COc1cccc(CC(=O)N2CCN(C(C(=O)NO)c3ccccc3)CC2)c1. The first-order chi connectivity index (χ1) is 13.6. The molecule has 0 spiro atoms. The Kier molecular flexibility index (Phi) is 6.62. The van der Waals surface area contributed by atoms with E-state index in [2.05, 4.69) is 0 Å². The number of hydrogen-bond donors (Lipinski definition) is 2. The second kappa shape index (κ2) is 9.34. The maximum Gasteiger partial charge on any atom is 0.265 e. The highest BCUT2D eigenvalue weighted by Gasteiger charge is 2.31. The van der Waals surface area contributed by atoms with Crippen LogP contribution in [0.15, 0.2) is 54.6 Å². The fourth-order valence-corrected chi connectivity index (χ4v) is 3.52. The highest BCUT2D eigenvalue weighted by molar-refractivity contribution is 5.82. The maximum absolute atomic E-state index is 12.7. The average Bonchev–Trinajstić information content (AvgIpc) is 2.75. The molecule has 2 amide bonds. The number of carbonyl (C=O) groups is 2. The smallest absolute Gasteiger partial charge is 0.265 e. The van der Waals surface area contributed by atoms with Crippen LogP contribution in [-0.4, -0.2) is 60.1 Å². The minimum atomic E-state index is -0.582. The normalized spacial score (nSPS) is 15.7. The lowest BCUT2D eigenvalue weighted by atomic mass is 10.0. The fourth-order valence-electron chi connectivity index (χ4n) is 3.52. The molecule has 0 radical (unpaired) electrons. The van der Waals surface area contributed by atoms with Crippen LogP contribution in [-0.2, 0) is 16.0 Å². The van der Waals surface area contributed by atoms with Gasteiger partial charge in [0.25, 0.3) is 5.91 Å². The lowest BCUT2D eigenvalue weighted by Gasteiger charge is -2.38. The van der Waals surface area contributed by atoms with Gasteiger partial charge in [-0.25, -0.2) is 5.48 Å². The van der Waals surface area contributed by atoms with Gasteiger partial charge in [0, 0.05) is 26.2 Å². The first-order valence-electron chi connectivity index (χ1n) is 9.26. The van der Waals surface area contributed by atoms with Crippen LogP contribution in [0.1, 0.15) is 17.2 Å². The van der Waals surface area contributed by atoms with Crippen LogP contribution in [0.25, 0.3) is 0 Å². The molecule has 1 heterocycles. The van der Waals surface area contributed by atoms with E-state index in [1.54, 1.807) is 12.6 Å². The van der Waals surface area contributed by atoms with Crippen LogP contribution >= 0.6 is 0 Å². The number of nitrogens with one attached hydrogen (secondary N) is 1. The Morgan fingerprint density at radius 1 is 1.07 bits per heavy atom. The fraction of sp³-hybridized carbons (Fsp3) is 0.333. The third-order valence-electron chi connectivity index (χ3n) is 5.00. The van der Waals surface area contributed by atoms with Gasteiger partial charge in [0.2, 0.25) is 5.91 Å². The van der Waals surface area contributed by atoms with Gasteiger partial charge in [0.1, 0.15) is 11.8 Å². The van der Waals surface area contributed by atoms with Crippen LogP contribution in [0.3, 0.4) is 0 Å².